The maximum Gasteiger partial charge on any atom is 0.291 e. The number of anilines is 1. The molecule has 3 N–H and O–H groups in total. The van der Waals surface area contributed by atoms with Gasteiger partial charge in [0.25, 0.3) is 11.8 Å². The molecule has 0 bridgehead atoms. The summed E-state index contributed by atoms with van der Waals surface area (Å²) < 4.78 is 39.9. The van der Waals surface area contributed by atoms with Gasteiger partial charge in [-0.2, -0.15) is 5.10 Å². The van der Waals surface area contributed by atoms with Gasteiger partial charge in [0.1, 0.15) is 6.54 Å². The van der Waals surface area contributed by atoms with Gasteiger partial charge < -0.3 is 34.6 Å². The topological polar surface area (TPSA) is 148 Å². The number of nitrogens with zero attached hydrogens (tertiary/aromatic N) is 6. The summed E-state index contributed by atoms with van der Waals surface area (Å²) in [5.74, 6) is -3.40. The van der Waals surface area contributed by atoms with Crippen LogP contribution in [-0.4, -0.2) is 119 Å². The highest BCUT2D eigenvalue weighted by molar-refractivity contribution is 6.34. The SMILES string of the molecule is CCC(CC[NH+](C)C)C(=O)N1CCN(C(=O)c2ccc(NC(=O)c3ncc(-c4ccc(-c5cn(CC(=O)N[C@H]6CCCC[C@@H]6OC)nc5C)c(F)c4F)n3C)cc2Cl)CC1. The number of piperazine rings is 1. The number of rotatable bonds is 14. The molecule has 1 saturated carbocycles. The third-order valence-electron chi connectivity index (χ3n) is 11.6. The molecule has 3 atom stereocenters. The Bertz CT molecular complexity index is 2220. The maximum atomic E-state index is 15.8. The lowest BCUT2D eigenvalue weighted by molar-refractivity contribution is -0.858. The predicted octanol–water partition coefficient (Wildman–Crippen LogP) is 4.36. The molecule has 322 valence electrons. The Kier molecular flexibility index (Phi) is 14.4. The van der Waals surface area contributed by atoms with E-state index in [9.17, 15) is 19.2 Å². The first-order valence-electron chi connectivity index (χ1n) is 20.5. The predicted molar refractivity (Wildman–Crippen MR) is 224 cm³/mol. The monoisotopic (exact) mass is 850 g/mol. The van der Waals surface area contributed by atoms with Gasteiger partial charge in [-0.05, 0) is 50.5 Å². The lowest BCUT2D eigenvalue weighted by Crippen LogP contribution is -3.05. The first-order chi connectivity index (χ1) is 28.7. The van der Waals surface area contributed by atoms with Gasteiger partial charge in [-0.3, -0.25) is 23.9 Å². The van der Waals surface area contributed by atoms with E-state index < -0.39 is 17.5 Å². The highest BCUT2D eigenvalue weighted by Crippen LogP contribution is 2.33. The van der Waals surface area contributed by atoms with E-state index in [-0.39, 0.29) is 75.6 Å². The smallest absolute Gasteiger partial charge is 0.291 e. The molecule has 1 unspecified atom stereocenters. The van der Waals surface area contributed by atoms with Gasteiger partial charge in [0, 0.05) is 81.2 Å². The summed E-state index contributed by atoms with van der Waals surface area (Å²) in [6.45, 7) is 6.14. The van der Waals surface area contributed by atoms with Crippen molar-refractivity contribution in [2.24, 2.45) is 13.0 Å². The molecule has 2 fully saturated rings. The number of hydrogen-bond acceptors (Lipinski definition) is 7. The van der Waals surface area contributed by atoms with Gasteiger partial charge in [-0.1, -0.05) is 37.4 Å². The molecule has 0 spiro atoms. The number of hydrogen-bond donors (Lipinski definition) is 3. The summed E-state index contributed by atoms with van der Waals surface area (Å²) in [5, 5.41) is 10.3. The molecule has 17 heteroatoms. The van der Waals surface area contributed by atoms with E-state index in [1.165, 1.54) is 57.9 Å². The first-order valence-corrected chi connectivity index (χ1v) is 20.9. The van der Waals surface area contributed by atoms with Crippen molar-refractivity contribution in [3.63, 3.8) is 0 Å². The average molecular weight is 851 g/mol. The minimum atomic E-state index is -1.14. The van der Waals surface area contributed by atoms with Crippen LogP contribution in [0.1, 0.15) is 72.1 Å². The molecule has 1 aliphatic carbocycles. The molecule has 1 saturated heterocycles. The maximum absolute atomic E-state index is 15.8. The fourth-order valence-electron chi connectivity index (χ4n) is 8.11. The van der Waals surface area contributed by atoms with Gasteiger partial charge >= 0.3 is 0 Å². The zero-order valence-corrected chi connectivity index (χ0v) is 35.9. The van der Waals surface area contributed by atoms with E-state index in [2.05, 4.69) is 34.8 Å². The number of halogens is 3. The van der Waals surface area contributed by atoms with Crippen molar-refractivity contribution in [3.05, 3.63) is 76.5 Å². The number of amides is 4. The molecule has 1 aliphatic heterocycles. The van der Waals surface area contributed by atoms with E-state index >= 15 is 8.78 Å². The van der Waals surface area contributed by atoms with E-state index in [1.54, 1.807) is 25.0 Å². The van der Waals surface area contributed by atoms with Crippen molar-refractivity contribution in [3.8, 4) is 22.4 Å². The Morgan fingerprint density at radius 1 is 0.983 bits per heavy atom. The van der Waals surface area contributed by atoms with Gasteiger partial charge in [-0.15, -0.1) is 0 Å². The molecule has 6 rings (SSSR count). The normalized spacial score (nSPS) is 17.5. The van der Waals surface area contributed by atoms with Crippen LogP contribution in [0.15, 0.2) is 42.7 Å². The van der Waals surface area contributed by atoms with Crippen LogP contribution in [0.3, 0.4) is 0 Å². The summed E-state index contributed by atoms with van der Waals surface area (Å²) in [7, 11) is 7.29. The lowest BCUT2D eigenvalue weighted by atomic mass is 9.92. The Hall–Kier alpha value is -5.19. The second kappa shape index (κ2) is 19.5. The summed E-state index contributed by atoms with van der Waals surface area (Å²) >= 11 is 6.57. The quantitative estimate of drug-likeness (QED) is 0.171. The zero-order valence-electron chi connectivity index (χ0n) is 35.1. The fourth-order valence-corrected chi connectivity index (χ4v) is 8.37. The van der Waals surface area contributed by atoms with Crippen molar-refractivity contribution in [1.82, 2.24) is 34.4 Å². The van der Waals surface area contributed by atoms with Crippen LogP contribution < -0.4 is 15.5 Å². The first kappa shape index (κ1) is 44.4. The Morgan fingerprint density at radius 2 is 1.67 bits per heavy atom. The summed E-state index contributed by atoms with van der Waals surface area (Å²) in [6.07, 6.45) is 8.08. The Morgan fingerprint density at radius 3 is 2.35 bits per heavy atom. The number of aromatic nitrogens is 4. The third-order valence-corrected chi connectivity index (χ3v) is 11.9. The third kappa shape index (κ3) is 9.88. The largest absolute Gasteiger partial charge is 0.379 e. The van der Waals surface area contributed by atoms with Crippen LogP contribution in [-0.2, 0) is 27.9 Å². The van der Waals surface area contributed by atoms with Crippen molar-refractivity contribution >= 4 is 40.9 Å². The standard InChI is InChI=1S/C43H54ClF2N9O5/c1-7-27(16-17-51(3)4)42(58)53-18-20-54(21-19-53)43(59)30-13-12-28(22-33(30)44)48-41(57)40-47-23-35(52(40)5)31-15-14-29(38(45)39(31)46)32-24-55(50-26(32)2)25-37(56)49-34-10-8-9-11-36(34)60-6/h12-15,22-24,27,34,36H,7-11,16-21,25H2,1-6H3,(H,48,57)(H,49,56)/p+1/t27?,34-,36-/m0/s1. The van der Waals surface area contributed by atoms with Gasteiger partial charge in [0.2, 0.25) is 11.8 Å². The van der Waals surface area contributed by atoms with Crippen LogP contribution in [0.2, 0.25) is 5.02 Å². The van der Waals surface area contributed by atoms with E-state index in [0.29, 0.717) is 43.1 Å². The number of carbonyl (C=O) groups is 4. The highest BCUT2D eigenvalue weighted by atomic mass is 35.5. The number of ether oxygens (including phenoxy) is 1. The molecular formula is C43H55ClF2N9O5+. The highest BCUT2D eigenvalue weighted by Gasteiger charge is 2.31. The number of quaternary nitrogens is 1. The Balaban J connectivity index is 1.08. The second-order valence-corrected chi connectivity index (χ2v) is 16.4. The fraction of sp³-hybridized carbons (Fsp3) is 0.488. The number of nitrogens with one attached hydrogen (secondary N) is 3. The van der Waals surface area contributed by atoms with Crippen molar-refractivity contribution in [1.29, 1.82) is 0 Å². The van der Waals surface area contributed by atoms with Crippen molar-refractivity contribution < 1.29 is 37.6 Å². The van der Waals surface area contributed by atoms with Crippen LogP contribution >= 0.6 is 11.6 Å². The van der Waals surface area contributed by atoms with E-state index in [4.69, 9.17) is 16.3 Å². The number of aryl methyl sites for hydroxylation is 1. The molecule has 4 amide bonds. The van der Waals surface area contributed by atoms with Gasteiger partial charge in [-0.25, -0.2) is 13.8 Å². The molecule has 14 nitrogen and oxygen atoms in total. The minimum Gasteiger partial charge on any atom is -0.379 e. The average Bonchev–Trinajstić information content (AvgIpc) is 3.79. The van der Waals surface area contributed by atoms with E-state index in [1.807, 2.05) is 11.8 Å². The van der Waals surface area contributed by atoms with Crippen LogP contribution in [0.5, 0.6) is 0 Å². The van der Waals surface area contributed by atoms with E-state index in [0.717, 1.165) is 45.1 Å². The molecule has 0 radical (unpaired) electrons. The molecular weight excluding hydrogens is 796 g/mol. The van der Waals surface area contributed by atoms with Crippen LogP contribution in [0.4, 0.5) is 14.5 Å². The number of benzene rings is 2. The Labute approximate surface area is 354 Å². The minimum absolute atomic E-state index is 0.0274. The van der Waals surface area contributed by atoms with Gasteiger partial charge in [0.15, 0.2) is 17.5 Å². The number of carbonyl (C=O) groups excluding carboxylic acids is 4. The molecule has 3 heterocycles. The van der Waals surface area contributed by atoms with Crippen molar-refractivity contribution in [2.45, 2.75) is 71.1 Å². The molecule has 2 aromatic heterocycles. The summed E-state index contributed by atoms with van der Waals surface area (Å²) in [5.41, 5.74) is 1.34. The molecule has 2 aromatic carbocycles. The van der Waals surface area contributed by atoms with Gasteiger partial charge in [0.05, 0.1) is 61.0 Å². The summed E-state index contributed by atoms with van der Waals surface area (Å²) in [4.78, 5) is 61.8. The van der Waals surface area contributed by atoms with Crippen molar-refractivity contribution in [2.75, 3.05) is 59.2 Å². The molecule has 60 heavy (non-hydrogen) atoms. The molecule has 4 aromatic rings. The number of methoxy groups -OCH3 is 1. The second-order valence-electron chi connectivity index (χ2n) is 16.0. The van der Waals surface area contributed by atoms with Crippen LogP contribution in [0, 0.1) is 24.5 Å². The lowest BCUT2D eigenvalue weighted by Gasteiger charge is -2.36. The summed E-state index contributed by atoms with van der Waals surface area (Å²) in [6, 6.07) is 7.30. The van der Waals surface area contributed by atoms with Crippen LogP contribution in [0.25, 0.3) is 22.4 Å². The molecule has 2 aliphatic rings. The zero-order chi connectivity index (χ0) is 43.2. The number of imidazole rings is 1.